The second kappa shape index (κ2) is 6.49. The second-order valence-electron chi connectivity index (χ2n) is 4.74. The van der Waals surface area contributed by atoms with E-state index in [2.05, 4.69) is 10.6 Å². The molecule has 0 spiro atoms. The van der Waals surface area contributed by atoms with E-state index < -0.39 is 5.97 Å². The maximum atomic E-state index is 12.0. The number of morpholine rings is 1. The lowest BCUT2D eigenvalue weighted by molar-refractivity contribution is -0.126. The largest absolute Gasteiger partial charge is 0.478 e. The summed E-state index contributed by atoms with van der Waals surface area (Å²) in [7, 11) is 0. The normalized spacial score (nSPS) is 20.1. The van der Waals surface area contributed by atoms with E-state index in [1.807, 2.05) is 6.92 Å². The van der Waals surface area contributed by atoms with Gasteiger partial charge in [0.15, 0.2) is 0 Å². The molecule has 1 aliphatic heterocycles. The van der Waals surface area contributed by atoms with Crippen LogP contribution < -0.4 is 10.6 Å². The summed E-state index contributed by atoms with van der Waals surface area (Å²) in [5.41, 5.74) is 1.09. The van der Waals surface area contributed by atoms with Crippen molar-refractivity contribution in [3.05, 3.63) is 35.4 Å². The molecule has 1 aliphatic rings. The van der Waals surface area contributed by atoms with Gasteiger partial charge in [-0.25, -0.2) is 4.79 Å². The summed E-state index contributed by atoms with van der Waals surface area (Å²) in [5, 5.41) is 14.8. The van der Waals surface area contributed by atoms with Crippen molar-refractivity contribution in [2.75, 3.05) is 19.8 Å². The summed E-state index contributed by atoms with van der Waals surface area (Å²) in [6.45, 7) is 3.52. The van der Waals surface area contributed by atoms with Crippen LogP contribution in [0.1, 0.15) is 28.9 Å². The van der Waals surface area contributed by atoms with Gasteiger partial charge in [0.2, 0.25) is 5.91 Å². The smallest absolute Gasteiger partial charge is 0.335 e. The first-order valence-corrected chi connectivity index (χ1v) is 6.52. The van der Waals surface area contributed by atoms with Gasteiger partial charge in [-0.15, -0.1) is 0 Å². The third-order valence-corrected chi connectivity index (χ3v) is 3.25. The topological polar surface area (TPSA) is 87.7 Å². The van der Waals surface area contributed by atoms with Crippen LogP contribution in [0.3, 0.4) is 0 Å². The van der Waals surface area contributed by atoms with Crippen LogP contribution in [0.4, 0.5) is 0 Å². The van der Waals surface area contributed by atoms with Gasteiger partial charge in [0, 0.05) is 6.54 Å². The number of amides is 1. The van der Waals surface area contributed by atoms with Crippen LogP contribution in [0.25, 0.3) is 0 Å². The number of carboxylic acid groups (broad SMARTS) is 1. The fraction of sp³-hybridized carbons (Fsp3) is 0.429. The Morgan fingerprint density at radius 3 is 2.65 bits per heavy atom. The highest BCUT2D eigenvalue weighted by Crippen LogP contribution is 2.13. The molecule has 0 bridgehead atoms. The van der Waals surface area contributed by atoms with Gasteiger partial charge in [0.05, 0.1) is 24.8 Å². The number of ether oxygens (including phenoxy) is 1. The van der Waals surface area contributed by atoms with Crippen molar-refractivity contribution < 1.29 is 19.4 Å². The first-order valence-electron chi connectivity index (χ1n) is 6.52. The first-order chi connectivity index (χ1) is 9.58. The molecule has 0 aromatic heterocycles. The Morgan fingerprint density at radius 1 is 1.40 bits per heavy atom. The van der Waals surface area contributed by atoms with E-state index in [9.17, 15) is 9.59 Å². The van der Waals surface area contributed by atoms with Crippen molar-refractivity contribution in [3.63, 3.8) is 0 Å². The molecule has 1 aromatic rings. The van der Waals surface area contributed by atoms with Gasteiger partial charge in [-0.05, 0) is 24.6 Å². The number of benzene rings is 1. The summed E-state index contributed by atoms with van der Waals surface area (Å²) >= 11 is 0. The molecule has 20 heavy (non-hydrogen) atoms. The molecule has 1 fully saturated rings. The second-order valence-corrected chi connectivity index (χ2v) is 4.74. The summed E-state index contributed by atoms with van der Waals surface area (Å²) in [6, 6.07) is 5.96. The van der Waals surface area contributed by atoms with E-state index in [-0.39, 0.29) is 23.6 Å². The Balaban J connectivity index is 1.94. The first kappa shape index (κ1) is 14.5. The van der Waals surface area contributed by atoms with E-state index >= 15 is 0 Å². The number of carboxylic acids is 1. The van der Waals surface area contributed by atoms with Crippen LogP contribution >= 0.6 is 0 Å². The zero-order valence-corrected chi connectivity index (χ0v) is 11.3. The van der Waals surface area contributed by atoms with Crippen LogP contribution in [-0.4, -0.2) is 42.8 Å². The fourth-order valence-electron chi connectivity index (χ4n) is 2.05. The molecule has 108 valence electrons. The molecule has 3 N–H and O–H groups in total. The molecule has 0 aliphatic carbocycles. The van der Waals surface area contributed by atoms with Crippen molar-refractivity contribution in [3.8, 4) is 0 Å². The van der Waals surface area contributed by atoms with Gasteiger partial charge in [-0.3, -0.25) is 4.79 Å². The van der Waals surface area contributed by atoms with E-state index in [1.54, 1.807) is 12.1 Å². The maximum absolute atomic E-state index is 12.0. The molecule has 0 radical (unpaired) electrons. The van der Waals surface area contributed by atoms with Crippen molar-refractivity contribution in [1.82, 2.24) is 10.6 Å². The van der Waals surface area contributed by atoms with Gasteiger partial charge in [-0.2, -0.15) is 0 Å². The number of rotatable bonds is 4. The predicted molar refractivity (Wildman–Crippen MR) is 72.6 cm³/mol. The molecule has 0 unspecified atom stereocenters. The molecular formula is C14H18N2O4. The van der Waals surface area contributed by atoms with E-state index in [0.29, 0.717) is 19.8 Å². The molecule has 0 saturated carbocycles. The summed E-state index contributed by atoms with van der Waals surface area (Å²) in [6.07, 6.45) is 0. The highest BCUT2D eigenvalue weighted by molar-refractivity contribution is 5.87. The van der Waals surface area contributed by atoms with Crippen LogP contribution in [-0.2, 0) is 9.53 Å². The Hall–Kier alpha value is -1.92. The summed E-state index contributed by atoms with van der Waals surface area (Å²) in [5.74, 6) is -1.07. The third kappa shape index (κ3) is 3.55. The molecule has 1 amide bonds. The molecule has 1 aromatic carbocycles. The quantitative estimate of drug-likeness (QED) is 0.748. The zero-order valence-electron chi connectivity index (χ0n) is 11.3. The Labute approximate surface area is 117 Å². The van der Waals surface area contributed by atoms with Gasteiger partial charge in [0.25, 0.3) is 0 Å². The van der Waals surface area contributed by atoms with Gasteiger partial charge in [-0.1, -0.05) is 12.1 Å². The van der Waals surface area contributed by atoms with Crippen LogP contribution in [0.2, 0.25) is 0 Å². The highest BCUT2D eigenvalue weighted by atomic mass is 16.5. The molecular weight excluding hydrogens is 260 g/mol. The molecule has 2 rings (SSSR count). The number of nitrogens with one attached hydrogen (secondary N) is 2. The number of carbonyl (C=O) groups is 2. The fourth-order valence-corrected chi connectivity index (χ4v) is 2.05. The summed E-state index contributed by atoms with van der Waals surface area (Å²) < 4.78 is 5.24. The Morgan fingerprint density at radius 2 is 2.10 bits per heavy atom. The van der Waals surface area contributed by atoms with Crippen molar-refractivity contribution in [2.45, 2.75) is 19.0 Å². The number of aromatic carboxylic acids is 1. The van der Waals surface area contributed by atoms with Crippen LogP contribution in [0.5, 0.6) is 0 Å². The van der Waals surface area contributed by atoms with Crippen LogP contribution in [0, 0.1) is 0 Å². The molecule has 6 heteroatoms. The standard InChI is InChI=1S/C14H18N2O4/c1-9(10-2-4-11(5-3-10)14(18)19)16-13(17)12-8-20-7-6-15-12/h2-5,9,12,15H,6-8H2,1H3,(H,16,17)(H,18,19)/t9-,12+/m0/s1. The average Bonchev–Trinajstić information content (AvgIpc) is 2.48. The lowest BCUT2D eigenvalue weighted by Crippen LogP contribution is -2.51. The minimum Gasteiger partial charge on any atom is -0.478 e. The molecule has 1 heterocycles. The van der Waals surface area contributed by atoms with E-state index in [4.69, 9.17) is 9.84 Å². The van der Waals surface area contributed by atoms with Crippen molar-refractivity contribution in [2.24, 2.45) is 0 Å². The van der Waals surface area contributed by atoms with Crippen molar-refractivity contribution in [1.29, 1.82) is 0 Å². The minimum atomic E-state index is -0.961. The van der Waals surface area contributed by atoms with Gasteiger partial charge < -0.3 is 20.5 Å². The summed E-state index contributed by atoms with van der Waals surface area (Å²) in [4.78, 5) is 22.8. The van der Waals surface area contributed by atoms with Gasteiger partial charge >= 0.3 is 5.97 Å². The van der Waals surface area contributed by atoms with Crippen molar-refractivity contribution >= 4 is 11.9 Å². The Kier molecular flexibility index (Phi) is 4.70. The molecule has 2 atom stereocenters. The average molecular weight is 278 g/mol. The van der Waals surface area contributed by atoms with Gasteiger partial charge in [0.1, 0.15) is 6.04 Å². The Bertz CT molecular complexity index is 480. The number of hydrogen-bond donors (Lipinski definition) is 3. The predicted octanol–water partition coefficient (Wildman–Crippen LogP) is 0.550. The SMILES string of the molecule is C[C@H](NC(=O)[C@H]1COCCN1)c1ccc(C(=O)O)cc1. The van der Waals surface area contributed by atoms with Crippen LogP contribution in [0.15, 0.2) is 24.3 Å². The highest BCUT2D eigenvalue weighted by Gasteiger charge is 2.22. The third-order valence-electron chi connectivity index (χ3n) is 3.25. The monoisotopic (exact) mass is 278 g/mol. The lowest BCUT2D eigenvalue weighted by atomic mass is 10.1. The zero-order chi connectivity index (χ0) is 14.5. The van der Waals surface area contributed by atoms with E-state index in [1.165, 1.54) is 12.1 Å². The number of carbonyl (C=O) groups excluding carboxylic acids is 1. The number of hydrogen-bond acceptors (Lipinski definition) is 4. The maximum Gasteiger partial charge on any atom is 0.335 e. The molecule has 1 saturated heterocycles. The molecule has 6 nitrogen and oxygen atoms in total. The minimum absolute atomic E-state index is 0.112. The van der Waals surface area contributed by atoms with E-state index in [0.717, 1.165) is 5.56 Å². The lowest BCUT2D eigenvalue weighted by Gasteiger charge is -2.25.